The SMILES string of the molecule is COc1cccc2c1Nc1c(OC)cc(O)cc1N(C/C=C(\C)CC/C=C(\C)CCC=C(C)C)C2=O. The minimum atomic E-state index is -0.179. The largest absolute Gasteiger partial charge is 0.508 e. The van der Waals surface area contributed by atoms with E-state index in [0.29, 0.717) is 40.7 Å². The van der Waals surface area contributed by atoms with E-state index in [0.717, 1.165) is 25.7 Å². The Kier molecular flexibility index (Phi) is 9.23. The van der Waals surface area contributed by atoms with Gasteiger partial charge in [-0.05, 0) is 65.5 Å². The number of para-hydroxylation sites is 1. The third kappa shape index (κ3) is 6.51. The van der Waals surface area contributed by atoms with Gasteiger partial charge in [0.05, 0.1) is 31.2 Å². The van der Waals surface area contributed by atoms with Gasteiger partial charge in [-0.1, -0.05) is 41.0 Å². The quantitative estimate of drug-likeness (QED) is 0.266. The molecule has 0 atom stereocenters. The first-order valence-corrected chi connectivity index (χ1v) is 12.4. The lowest BCUT2D eigenvalue weighted by atomic mass is 10.1. The van der Waals surface area contributed by atoms with Crippen molar-refractivity contribution in [2.75, 3.05) is 31.0 Å². The lowest BCUT2D eigenvalue weighted by molar-refractivity contribution is 0.0991. The molecule has 2 N–H and O–H groups in total. The molecule has 0 aromatic heterocycles. The Morgan fingerprint density at radius 2 is 1.58 bits per heavy atom. The normalized spacial score (nSPS) is 13.4. The molecule has 6 heteroatoms. The van der Waals surface area contributed by atoms with Crippen LogP contribution in [0.2, 0.25) is 0 Å². The Morgan fingerprint density at radius 1 is 0.917 bits per heavy atom. The van der Waals surface area contributed by atoms with Crippen molar-refractivity contribution in [1.29, 1.82) is 0 Å². The second-order valence-electron chi connectivity index (χ2n) is 9.43. The maximum Gasteiger partial charge on any atom is 0.260 e. The lowest BCUT2D eigenvalue weighted by Crippen LogP contribution is -2.30. The smallest absolute Gasteiger partial charge is 0.260 e. The Bertz CT molecular complexity index is 1190. The number of phenolic OH excluding ortho intramolecular Hbond substituents is 1. The number of carbonyl (C=O) groups excluding carboxylic acids is 1. The van der Waals surface area contributed by atoms with Crippen LogP contribution in [0.15, 0.2) is 65.3 Å². The predicted molar refractivity (Wildman–Crippen MR) is 148 cm³/mol. The number of carbonyl (C=O) groups is 1. The van der Waals surface area contributed by atoms with E-state index in [4.69, 9.17) is 9.47 Å². The Hall–Kier alpha value is -3.67. The number of nitrogens with one attached hydrogen (secondary N) is 1. The highest BCUT2D eigenvalue weighted by atomic mass is 16.5. The maximum absolute atomic E-state index is 13.7. The van der Waals surface area contributed by atoms with E-state index in [2.05, 4.69) is 51.2 Å². The maximum atomic E-state index is 13.7. The van der Waals surface area contributed by atoms with Gasteiger partial charge in [-0.3, -0.25) is 4.79 Å². The molecule has 0 aliphatic carbocycles. The second kappa shape index (κ2) is 12.3. The van der Waals surface area contributed by atoms with Crippen LogP contribution in [-0.4, -0.2) is 31.8 Å². The lowest BCUT2D eigenvalue weighted by Gasteiger charge is -2.23. The summed E-state index contributed by atoms with van der Waals surface area (Å²) in [4.78, 5) is 15.4. The van der Waals surface area contributed by atoms with E-state index >= 15 is 0 Å². The number of nitrogens with zero attached hydrogens (tertiary/aromatic N) is 1. The van der Waals surface area contributed by atoms with E-state index in [1.807, 2.05) is 0 Å². The van der Waals surface area contributed by atoms with Gasteiger partial charge in [-0.25, -0.2) is 0 Å². The highest BCUT2D eigenvalue weighted by Crippen LogP contribution is 2.46. The number of anilines is 3. The molecule has 3 rings (SSSR count). The van der Waals surface area contributed by atoms with Gasteiger partial charge in [0.15, 0.2) is 0 Å². The Balaban J connectivity index is 1.85. The van der Waals surface area contributed by atoms with Crippen molar-refractivity contribution in [3.63, 3.8) is 0 Å². The molecular formula is C30H38N2O4. The highest BCUT2D eigenvalue weighted by molar-refractivity contribution is 6.15. The molecule has 0 radical (unpaired) electrons. The van der Waals surface area contributed by atoms with Crippen LogP contribution in [-0.2, 0) is 0 Å². The van der Waals surface area contributed by atoms with Crippen molar-refractivity contribution >= 4 is 23.0 Å². The van der Waals surface area contributed by atoms with Crippen molar-refractivity contribution in [2.24, 2.45) is 0 Å². The van der Waals surface area contributed by atoms with E-state index < -0.39 is 0 Å². The van der Waals surface area contributed by atoms with Gasteiger partial charge in [0.25, 0.3) is 5.91 Å². The van der Waals surface area contributed by atoms with Crippen LogP contribution in [0.4, 0.5) is 17.1 Å². The molecule has 36 heavy (non-hydrogen) atoms. The van der Waals surface area contributed by atoms with Crippen LogP contribution >= 0.6 is 0 Å². The number of phenols is 1. The van der Waals surface area contributed by atoms with Gasteiger partial charge in [-0.2, -0.15) is 0 Å². The summed E-state index contributed by atoms with van der Waals surface area (Å²) in [6.45, 7) is 8.90. The van der Waals surface area contributed by atoms with Crippen molar-refractivity contribution in [3.8, 4) is 17.2 Å². The number of hydrogen-bond donors (Lipinski definition) is 2. The summed E-state index contributed by atoms with van der Waals surface area (Å²) in [5.74, 6) is 0.845. The third-order valence-corrected chi connectivity index (χ3v) is 6.29. The zero-order chi connectivity index (χ0) is 26.2. The summed E-state index contributed by atoms with van der Waals surface area (Å²) in [6.07, 6.45) is 10.7. The standard InChI is InChI=1S/C30H38N2O4/c1-20(2)10-7-11-21(3)12-8-13-22(4)16-17-32-25-18-23(33)19-27(36-6)29(25)31-28-24(30(32)34)14-9-15-26(28)35-5/h9-10,12,14-16,18-19,31,33H,7-8,11,13,17H2,1-6H3/b21-12+,22-16+. The number of methoxy groups -OCH3 is 2. The third-order valence-electron chi connectivity index (χ3n) is 6.29. The summed E-state index contributed by atoms with van der Waals surface area (Å²) in [6, 6.07) is 8.50. The summed E-state index contributed by atoms with van der Waals surface area (Å²) >= 11 is 0. The summed E-state index contributed by atoms with van der Waals surface area (Å²) in [7, 11) is 3.11. The van der Waals surface area contributed by atoms with Crippen molar-refractivity contribution in [2.45, 2.75) is 53.4 Å². The van der Waals surface area contributed by atoms with Crippen molar-refractivity contribution in [1.82, 2.24) is 0 Å². The minimum Gasteiger partial charge on any atom is -0.508 e. The molecule has 1 aliphatic heterocycles. The van der Waals surface area contributed by atoms with E-state index in [9.17, 15) is 9.90 Å². The fourth-order valence-corrected chi connectivity index (χ4v) is 4.24. The number of aromatic hydroxyl groups is 1. The number of amides is 1. The molecule has 0 fully saturated rings. The average Bonchev–Trinajstić information content (AvgIpc) is 2.96. The topological polar surface area (TPSA) is 71.0 Å². The minimum absolute atomic E-state index is 0.0255. The first-order chi connectivity index (χ1) is 17.2. The first-order valence-electron chi connectivity index (χ1n) is 12.4. The van der Waals surface area contributed by atoms with Gasteiger partial charge in [-0.15, -0.1) is 0 Å². The van der Waals surface area contributed by atoms with Crippen LogP contribution in [0, 0.1) is 0 Å². The summed E-state index contributed by atoms with van der Waals surface area (Å²) in [5, 5.41) is 13.7. The summed E-state index contributed by atoms with van der Waals surface area (Å²) < 4.78 is 11.1. The number of benzene rings is 2. The molecule has 192 valence electrons. The van der Waals surface area contributed by atoms with Gasteiger partial charge < -0.3 is 24.8 Å². The molecule has 2 aromatic carbocycles. The second-order valence-corrected chi connectivity index (χ2v) is 9.43. The van der Waals surface area contributed by atoms with E-state index in [1.165, 1.54) is 29.9 Å². The number of fused-ring (bicyclic) bond motifs is 2. The fraction of sp³-hybridized carbons (Fsp3) is 0.367. The Morgan fingerprint density at radius 3 is 2.25 bits per heavy atom. The van der Waals surface area contributed by atoms with Crippen molar-refractivity contribution in [3.05, 3.63) is 70.8 Å². The van der Waals surface area contributed by atoms with Crippen LogP contribution in [0.25, 0.3) is 0 Å². The zero-order valence-corrected chi connectivity index (χ0v) is 22.3. The van der Waals surface area contributed by atoms with Gasteiger partial charge in [0.1, 0.15) is 22.9 Å². The van der Waals surface area contributed by atoms with Crippen LogP contribution in [0.5, 0.6) is 17.2 Å². The van der Waals surface area contributed by atoms with E-state index in [-0.39, 0.29) is 11.7 Å². The molecule has 1 heterocycles. The average molecular weight is 491 g/mol. The number of ether oxygens (including phenoxy) is 2. The van der Waals surface area contributed by atoms with Crippen molar-refractivity contribution < 1.29 is 19.4 Å². The van der Waals surface area contributed by atoms with Gasteiger partial charge in [0, 0.05) is 18.7 Å². The molecule has 1 amide bonds. The number of rotatable bonds is 10. The highest BCUT2D eigenvalue weighted by Gasteiger charge is 2.30. The van der Waals surface area contributed by atoms with Crippen LogP contribution in [0.1, 0.15) is 63.7 Å². The number of hydrogen-bond acceptors (Lipinski definition) is 5. The van der Waals surface area contributed by atoms with Crippen LogP contribution in [0.3, 0.4) is 0 Å². The molecule has 2 aromatic rings. The fourth-order valence-electron chi connectivity index (χ4n) is 4.24. The monoisotopic (exact) mass is 490 g/mol. The number of allylic oxidation sites excluding steroid dienone is 5. The molecule has 0 unspecified atom stereocenters. The van der Waals surface area contributed by atoms with Crippen LogP contribution < -0.4 is 19.7 Å². The molecule has 6 nitrogen and oxygen atoms in total. The molecule has 0 saturated heterocycles. The zero-order valence-electron chi connectivity index (χ0n) is 22.3. The molecular weight excluding hydrogens is 452 g/mol. The van der Waals surface area contributed by atoms with Gasteiger partial charge in [0.2, 0.25) is 0 Å². The molecule has 0 spiro atoms. The molecule has 0 bridgehead atoms. The Labute approximate surface area is 214 Å². The van der Waals surface area contributed by atoms with Gasteiger partial charge >= 0.3 is 0 Å². The molecule has 1 aliphatic rings. The summed E-state index contributed by atoms with van der Waals surface area (Å²) in [5.41, 5.74) is 6.18. The molecule has 0 saturated carbocycles. The first kappa shape index (κ1) is 26.9. The van der Waals surface area contributed by atoms with E-state index in [1.54, 1.807) is 36.3 Å². The predicted octanol–water partition coefficient (Wildman–Crippen LogP) is 7.53.